The van der Waals surface area contributed by atoms with E-state index < -0.39 is 0 Å². The van der Waals surface area contributed by atoms with E-state index in [4.69, 9.17) is 5.73 Å². The summed E-state index contributed by atoms with van der Waals surface area (Å²) in [5.41, 5.74) is 6.73. The molecule has 0 atom stereocenters. The fraction of sp³-hybridized carbons (Fsp3) is 0.692. The molecule has 1 fully saturated rings. The number of nitrogens with two attached hydrogens (primary N) is 1. The van der Waals surface area contributed by atoms with Gasteiger partial charge in [-0.3, -0.25) is 4.68 Å². The van der Waals surface area contributed by atoms with Crippen LogP contribution in [0.2, 0.25) is 0 Å². The standard InChI is InChI=1S/C13H23N5.HI/c1-2-8-15-13(14)16-10-11-7-9-18(17-11)12-5-3-4-6-12;/h7,9,12H,2-6,8,10H2,1H3,(H3,14,15,16);1H. The molecule has 0 aliphatic heterocycles. The third kappa shape index (κ3) is 5.00. The molecule has 1 aromatic rings. The summed E-state index contributed by atoms with van der Waals surface area (Å²) in [5, 5.41) is 7.63. The maximum absolute atomic E-state index is 5.74. The topological polar surface area (TPSA) is 68.2 Å². The molecular formula is C13H24IN5. The predicted octanol–water partition coefficient (Wildman–Crippen LogP) is 2.43. The molecule has 0 radical (unpaired) electrons. The van der Waals surface area contributed by atoms with Gasteiger partial charge >= 0.3 is 0 Å². The lowest BCUT2D eigenvalue weighted by molar-refractivity contribution is 0.463. The van der Waals surface area contributed by atoms with Crippen LogP contribution in [0, 0.1) is 0 Å². The van der Waals surface area contributed by atoms with Gasteiger partial charge in [-0.05, 0) is 25.3 Å². The number of hydrogen-bond acceptors (Lipinski definition) is 2. The molecule has 1 aliphatic rings. The first-order chi connectivity index (χ1) is 8.79. The summed E-state index contributed by atoms with van der Waals surface area (Å²) >= 11 is 0. The quantitative estimate of drug-likeness (QED) is 0.471. The Morgan fingerprint density at radius 3 is 2.95 bits per heavy atom. The highest BCUT2D eigenvalue weighted by Crippen LogP contribution is 2.28. The molecule has 108 valence electrons. The molecule has 0 saturated heterocycles. The number of rotatable bonds is 5. The van der Waals surface area contributed by atoms with Crippen molar-refractivity contribution in [2.45, 2.75) is 51.6 Å². The van der Waals surface area contributed by atoms with Gasteiger partial charge < -0.3 is 11.1 Å². The maximum Gasteiger partial charge on any atom is 0.188 e. The summed E-state index contributed by atoms with van der Waals surface area (Å²) in [7, 11) is 0. The zero-order valence-electron chi connectivity index (χ0n) is 11.5. The number of hydrogen-bond donors (Lipinski definition) is 2. The van der Waals surface area contributed by atoms with Crippen LogP contribution in [0.1, 0.15) is 50.8 Å². The molecule has 1 aromatic heterocycles. The number of aromatic nitrogens is 2. The molecule has 1 heterocycles. The van der Waals surface area contributed by atoms with Gasteiger partial charge in [-0.1, -0.05) is 19.8 Å². The average Bonchev–Trinajstić information content (AvgIpc) is 3.03. The SMILES string of the molecule is CCCNC(N)=NCc1ccn(C2CCCC2)n1.I. The van der Waals surface area contributed by atoms with Crippen LogP contribution in [0.15, 0.2) is 17.3 Å². The van der Waals surface area contributed by atoms with Crippen LogP contribution in [0.3, 0.4) is 0 Å². The number of halogens is 1. The molecule has 6 heteroatoms. The van der Waals surface area contributed by atoms with Crippen LogP contribution in [0.5, 0.6) is 0 Å². The first-order valence-electron chi connectivity index (χ1n) is 6.87. The number of guanidine groups is 1. The van der Waals surface area contributed by atoms with E-state index in [1.54, 1.807) is 0 Å². The lowest BCUT2D eigenvalue weighted by Crippen LogP contribution is -2.32. The van der Waals surface area contributed by atoms with Gasteiger partial charge in [0.25, 0.3) is 0 Å². The van der Waals surface area contributed by atoms with Gasteiger partial charge in [0.15, 0.2) is 5.96 Å². The Kier molecular flexibility index (Phi) is 7.19. The summed E-state index contributed by atoms with van der Waals surface area (Å²) in [6.07, 6.45) is 8.27. The van der Waals surface area contributed by atoms with Crippen molar-refractivity contribution >= 4 is 29.9 Å². The normalized spacial score (nSPS) is 16.4. The van der Waals surface area contributed by atoms with Crippen LogP contribution in [0.25, 0.3) is 0 Å². The van der Waals surface area contributed by atoms with Gasteiger partial charge in [-0.15, -0.1) is 24.0 Å². The van der Waals surface area contributed by atoms with E-state index >= 15 is 0 Å². The molecule has 5 nitrogen and oxygen atoms in total. The van der Waals surface area contributed by atoms with Crippen molar-refractivity contribution in [2.75, 3.05) is 6.54 Å². The van der Waals surface area contributed by atoms with Crippen molar-refractivity contribution in [3.63, 3.8) is 0 Å². The first kappa shape index (κ1) is 16.3. The van der Waals surface area contributed by atoms with E-state index in [9.17, 15) is 0 Å². The molecule has 19 heavy (non-hydrogen) atoms. The fourth-order valence-corrected chi connectivity index (χ4v) is 2.31. The van der Waals surface area contributed by atoms with Crippen molar-refractivity contribution in [3.05, 3.63) is 18.0 Å². The van der Waals surface area contributed by atoms with Crippen LogP contribution >= 0.6 is 24.0 Å². The smallest absolute Gasteiger partial charge is 0.188 e. The van der Waals surface area contributed by atoms with Gasteiger partial charge in [0.2, 0.25) is 0 Å². The number of aliphatic imine (C=N–C) groups is 1. The monoisotopic (exact) mass is 377 g/mol. The molecule has 1 saturated carbocycles. The molecule has 0 bridgehead atoms. The van der Waals surface area contributed by atoms with Crippen molar-refractivity contribution in [3.8, 4) is 0 Å². The third-order valence-electron chi connectivity index (χ3n) is 3.33. The Hall–Kier alpha value is -0.790. The van der Waals surface area contributed by atoms with E-state index in [0.29, 0.717) is 18.5 Å². The van der Waals surface area contributed by atoms with Crippen molar-refractivity contribution in [1.82, 2.24) is 15.1 Å². The Morgan fingerprint density at radius 1 is 1.53 bits per heavy atom. The van der Waals surface area contributed by atoms with Gasteiger partial charge in [0.1, 0.15) is 0 Å². The van der Waals surface area contributed by atoms with Crippen molar-refractivity contribution in [2.24, 2.45) is 10.7 Å². The minimum atomic E-state index is 0. The second-order valence-corrected chi connectivity index (χ2v) is 4.85. The molecule has 0 amide bonds. The highest BCUT2D eigenvalue weighted by molar-refractivity contribution is 14.0. The maximum atomic E-state index is 5.74. The van der Waals surface area contributed by atoms with E-state index in [-0.39, 0.29) is 24.0 Å². The highest BCUT2D eigenvalue weighted by Gasteiger charge is 2.17. The average molecular weight is 377 g/mol. The molecule has 1 aliphatic carbocycles. The van der Waals surface area contributed by atoms with Crippen LogP contribution < -0.4 is 11.1 Å². The minimum absolute atomic E-state index is 0. The second kappa shape index (κ2) is 8.39. The van der Waals surface area contributed by atoms with Crippen LogP contribution in [-0.2, 0) is 6.54 Å². The lowest BCUT2D eigenvalue weighted by Gasteiger charge is -2.08. The molecule has 0 spiro atoms. The highest BCUT2D eigenvalue weighted by atomic mass is 127. The predicted molar refractivity (Wildman–Crippen MR) is 88.8 cm³/mol. The summed E-state index contributed by atoms with van der Waals surface area (Å²) in [6, 6.07) is 2.63. The van der Waals surface area contributed by atoms with Gasteiger partial charge in [0, 0.05) is 12.7 Å². The number of nitrogens with one attached hydrogen (secondary N) is 1. The summed E-state index contributed by atoms with van der Waals surface area (Å²) < 4.78 is 2.09. The minimum Gasteiger partial charge on any atom is -0.370 e. The summed E-state index contributed by atoms with van der Waals surface area (Å²) in [6.45, 7) is 3.53. The van der Waals surface area contributed by atoms with Crippen LogP contribution in [0.4, 0.5) is 0 Å². The molecule has 0 aromatic carbocycles. The third-order valence-corrected chi connectivity index (χ3v) is 3.33. The molecule has 2 rings (SSSR count). The zero-order valence-corrected chi connectivity index (χ0v) is 13.8. The van der Waals surface area contributed by atoms with E-state index in [0.717, 1.165) is 18.7 Å². The first-order valence-corrected chi connectivity index (χ1v) is 6.87. The Balaban J connectivity index is 0.00000180. The Morgan fingerprint density at radius 2 is 2.26 bits per heavy atom. The molecule has 3 N–H and O–H groups in total. The molecular weight excluding hydrogens is 353 g/mol. The van der Waals surface area contributed by atoms with Crippen molar-refractivity contribution in [1.29, 1.82) is 0 Å². The zero-order chi connectivity index (χ0) is 12.8. The second-order valence-electron chi connectivity index (χ2n) is 4.85. The summed E-state index contributed by atoms with van der Waals surface area (Å²) in [4.78, 5) is 4.28. The van der Waals surface area contributed by atoms with E-state index in [2.05, 4.69) is 33.2 Å². The van der Waals surface area contributed by atoms with Gasteiger partial charge in [-0.25, -0.2) is 4.99 Å². The van der Waals surface area contributed by atoms with Gasteiger partial charge in [0.05, 0.1) is 18.3 Å². The largest absolute Gasteiger partial charge is 0.370 e. The fourth-order valence-electron chi connectivity index (χ4n) is 2.31. The van der Waals surface area contributed by atoms with E-state index in [1.165, 1.54) is 25.7 Å². The van der Waals surface area contributed by atoms with Crippen molar-refractivity contribution < 1.29 is 0 Å². The lowest BCUT2D eigenvalue weighted by atomic mass is 10.3. The van der Waals surface area contributed by atoms with Gasteiger partial charge in [-0.2, -0.15) is 5.10 Å². The van der Waals surface area contributed by atoms with E-state index in [1.807, 2.05) is 6.07 Å². The molecule has 0 unspecified atom stereocenters. The number of nitrogens with zero attached hydrogens (tertiary/aromatic N) is 3. The Bertz CT molecular complexity index is 395. The Labute approximate surface area is 132 Å². The summed E-state index contributed by atoms with van der Waals surface area (Å²) in [5.74, 6) is 0.507. The van der Waals surface area contributed by atoms with Crippen LogP contribution in [-0.4, -0.2) is 22.3 Å².